The van der Waals surface area contributed by atoms with Crippen LogP contribution < -0.4 is 10.5 Å². The molecule has 0 bridgehead atoms. The van der Waals surface area contributed by atoms with Crippen LogP contribution in [0.4, 0.5) is 27.6 Å². The first-order valence-electron chi connectivity index (χ1n) is 3.83. The molecule has 0 aromatic heterocycles. The first-order valence-corrected chi connectivity index (χ1v) is 4.21. The summed E-state index contributed by atoms with van der Waals surface area (Å²) in [4.78, 5) is 0. The minimum atomic E-state index is -4.97. The zero-order valence-electron chi connectivity index (χ0n) is 7.49. The molecular formula is C8H5ClF5NO. The third-order valence-electron chi connectivity index (χ3n) is 1.57. The van der Waals surface area contributed by atoms with Crippen LogP contribution in [0.25, 0.3) is 0 Å². The summed E-state index contributed by atoms with van der Waals surface area (Å²) in [7, 11) is 0. The lowest BCUT2D eigenvalue weighted by atomic mass is 10.2. The maximum absolute atomic E-state index is 12.3. The smallest absolute Gasteiger partial charge is 0.406 e. The molecule has 0 spiro atoms. The van der Waals surface area contributed by atoms with Gasteiger partial charge in [0.25, 0.3) is 6.43 Å². The van der Waals surface area contributed by atoms with Gasteiger partial charge < -0.3 is 10.5 Å². The van der Waals surface area contributed by atoms with Crippen molar-refractivity contribution in [2.45, 2.75) is 12.8 Å². The molecule has 90 valence electrons. The lowest BCUT2D eigenvalue weighted by molar-refractivity contribution is -0.274. The molecule has 0 radical (unpaired) electrons. The molecule has 0 aliphatic heterocycles. The molecule has 1 aromatic rings. The van der Waals surface area contributed by atoms with E-state index >= 15 is 0 Å². The number of ether oxygens (including phenoxy) is 1. The number of alkyl halides is 5. The van der Waals surface area contributed by atoms with Crippen molar-refractivity contribution in [2.75, 3.05) is 5.73 Å². The molecule has 1 rings (SSSR count). The van der Waals surface area contributed by atoms with Crippen molar-refractivity contribution in [3.8, 4) is 5.75 Å². The van der Waals surface area contributed by atoms with Gasteiger partial charge in [0.05, 0.1) is 10.7 Å². The largest absolute Gasteiger partial charge is 0.573 e. The van der Waals surface area contributed by atoms with Crippen LogP contribution in [0, 0.1) is 0 Å². The Morgan fingerprint density at radius 1 is 1.25 bits per heavy atom. The van der Waals surface area contributed by atoms with Crippen LogP contribution in [0.2, 0.25) is 5.02 Å². The average Bonchev–Trinajstić information content (AvgIpc) is 2.07. The van der Waals surface area contributed by atoms with Crippen molar-refractivity contribution in [2.24, 2.45) is 0 Å². The zero-order valence-corrected chi connectivity index (χ0v) is 8.24. The van der Waals surface area contributed by atoms with Gasteiger partial charge in [0.2, 0.25) is 0 Å². The maximum Gasteiger partial charge on any atom is 0.573 e. The van der Waals surface area contributed by atoms with Gasteiger partial charge in [-0.05, 0) is 6.07 Å². The van der Waals surface area contributed by atoms with Gasteiger partial charge in [0, 0.05) is 11.6 Å². The Labute approximate surface area is 91.7 Å². The lowest BCUT2D eigenvalue weighted by Gasteiger charge is -2.12. The van der Waals surface area contributed by atoms with E-state index in [1.807, 2.05) is 0 Å². The standard InChI is InChI=1S/C8H5ClF5NO/c9-6-4(7(10)11)1-3(2-5(6)15)16-8(12,13)14/h1-2,7H,15H2. The number of hydrogen-bond donors (Lipinski definition) is 1. The second-order valence-corrected chi connectivity index (χ2v) is 3.14. The second kappa shape index (κ2) is 4.32. The molecule has 0 fully saturated rings. The summed E-state index contributed by atoms with van der Waals surface area (Å²) in [5, 5.41) is -0.482. The normalized spacial score (nSPS) is 11.9. The van der Waals surface area contributed by atoms with Crippen molar-refractivity contribution >= 4 is 17.3 Å². The molecule has 0 unspecified atom stereocenters. The van der Waals surface area contributed by atoms with Crippen LogP contribution in [0.5, 0.6) is 5.75 Å². The van der Waals surface area contributed by atoms with E-state index in [-0.39, 0.29) is 0 Å². The fraction of sp³-hybridized carbons (Fsp3) is 0.250. The van der Waals surface area contributed by atoms with Crippen LogP contribution in [0.3, 0.4) is 0 Å². The van der Waals surface area contributed by atoms with Crippen molar-refractivity contribution in [3.63, 3.8) is 0 Å². The van der Waals surface area contributed by atoms with Crippen LogP contribution in [0.1, 0.15) is 12.0 Å². The first kappa shape index (κ1) is 12.8. The number of halogens is 6. The molecule has 8 heteroatoms. The van der Waals surface area contributed by atoms with E-state index in [0.29, 0.717) is 6.07 Å². The Bertz CT molecular complexity index is 393. The Hall–Kier alpha value is -1.24. The highest BCUT2D eigenvalue weighted by Crippen LogP contribution is 2.36. The van der Waals surface area contributed by atoms with Gasteiger partial charge in [-0.3, -0.25) is 0 Å². The van der Waals surface area contributed by atoms with Crippen LogP contribution in [0.15, 0.2) is 12.1 Å². The summed E-state index contributed by atoms with van der Waals surface area (Å²) in [6, 6.07) is 1.22. The van der Waals surface area contributed by atoms with E-state index in [2.05, 4.69) is 4.74 Å². The molecular weight excluding hydrogens is 257 g/mol. The molecule has 0 atom stereocenters. The highest BCUT2D eigenvalue weighted by Gasteiger charge is 2.32. The Morgan fingerprint density at radius 2 is 1.81 bits per heavy atom. The van der Waals surface area contributed by atoms with Crippen molar-refractivity contribution in [3.05, 3.63) is 22.7 Å². The number of nitrogen functional groups attached to an aromatic ring is 1. The topological polar surface area (TPSA) is 35.2 Å². The van der Waals surface area contributed by atoms with Crippen LogP contribution >= 0.6 is 11.6 Å². The quantitative estimate of drug-likeness (QED) is 0.650. The van der Waals surface area contributed by atoms with Crippen LogP contribution in [-0.4, -0.2) is 6.36 Å². The van der Waals surface area contributed by atoms with Gasteiger partial charge in [0.1, 0.15) is 5.75 Å². The second-order valence-electron chi connectivity index (χ2n) is 2.76. The van der Waals surface area contributed by atoms with Crippen molar-refractivity contribution in [1.29, 1.82) is 0 Å². The van der Waals surface area contributed by atoms with Gasteiger partial charge in [-0.25, -0.2) is 8.78 Å². The summed E-state index contributed by atoms with van der Waals surface area (Å²) >= 11 is 5.39. The predicted molar refractivity (Wildman–Crippen MR) is 47.5 cm³/mol. The van der Waals surface area contributed by atoms with E-state index in [1.54, 1.807) is 0 Å². The van der Waals surface area contributed by atoms with E-state index in [1.165, 1.54) is 0 Å². The first-order chi connectivity index (χ1) is 7.20. The van der Waals surface area contributed by atoms with Gasteiger partial charge in [0.15, 0.2) is 0 Å². The Kier molecular flexibility index (Phi) is 3.47. The van der Waals surface area contributed by atoms with E-state index in [0.717, 1.165) is 6.07 Å². The van der Waals surface area contributed by atoms with Gasteiger partial charge >= 0.3 is 6.36 Å². The molecule has 0 aliphatic rings. The molecule has 0 aliphatic carbocycles. The minimum Gasteiger partial charge on any atom is -0.406 e. The van der Waals surface area contributed by atoms with E-state index < -0.39 is 34.8 Å². The Morgan fingerprint density at radius 3 is 2.25 bits per heavy atom. The summed E-state index contributed by atoms with van der Waals surface area (Å²) < 4.78 is 63.6. The molecule has 16 heavy (non-hydrogen) atoms. The number of rotatable bonds is 2. The molecule has 2 N–H and O–H groups in total. The summed E-state index contributed by atoms with van der Waals surface area (Å²) in [5.41, 5.74) is 3.96. The molecule has 0 saturated heterocycles. The molecule has 0 saturated carbocycles. The summed E-state index contributed by atoms with van der Waals surface area (Å²) in [5.74, 6) is -0.829. The van der Waals surface area contributed by atoms with Gasteiger partial charge in [-0.2, -0.15) is 0 Å². The molecule has 2 nitrogen and oxygen atoms in total. The van der Waals surface area contributed by atoms with Crippen LogP contribution in [-0.2, 0) is 0 Å². The van der Waals surface area contributed by atoms with Gasteiger partial charge in [-0.1, -0.05) is 11.6 Å². The van der Waals surface area contributed by atoms with Crippen molar-refractivity contribution < 1.29 is 26.7 Å². The number of nitrogens with two attached hydrogens (primary N) is 1. The molecule has 0 heterocycles. The highest BCUT2D eigenvalue weighted by molar-refractivity contribution is 6.33. The minimum absolute atomic E-state index is 0.404. The van der Waals surface area contributed by atoms with Gasteiger partial charge in [-0.15, -0.1) is 13.2 Å². The fourth-order valence-corrected chi connectivity index (χ4v) is 1.18. The maximum atomic E-state index is 12.3. The number of benzene rings is 1. The average molecular weight is 262 g/mol. The monoisotopic (exact) mass is 261 g/mol. The van der Waals surface area contributed by atoms with E-state index in [9.17, 15) is 22.0 Å². The summed E-state index contributed by atoms with van der Waals surface area (Å²) in [6.45, 7) is 0. The summed E-state index contributed by atoms with van der Waals surface area (Å²) in [6.07, 6.45) is -8.01. The lowest BCUT2D eigenvalue weighted by Crippen LogP contribution is -2.17. The zero-order chi connectivity index (χ0) is 12.5. The number of hydrogen-bond acceptors (Lipinski definition) is 2. The number of anilines is 1. The fourth-order valence-electron chi connectivity index (χ4n) is 0.993. The molecule has 1 aromatic carbocycles. The third-order valence-corrected chi connectivity index (χ3v) is 2.01. The highest BCUT2D eigenvalue weighted by atomic mass is 35.5. The van der Waals surface area contributed by atoms with Crippen molar-refractivity contribution in [1.82, 2.24) is 0 Å². The molecule has 0 amide bonds. The third kappa shape index (κ3) is 3.13. The Balaban J connectivity index is 3.14. The van der Waals surface area contributed by atoms with E-state index in [4.69, 9.17) is 17.3 Å². The SMILES string of the molecule is Nc1cc(OC(F)(F)F)cc(C(F)F)c1Cl. The predicted octanol–water partition coefficient (Wildman–Crippen LogP) is 3.76.